The fraction of sp³-hybridized carbons (Fsp3) is 0.183. The van der Waals surface area contributed by atoms with Crippen molar-refractivity contribution in [2.24, 2.45) is 0 Å². The number of fused-ring (bicyclic) bond motifs is 15. The SMILES string of the molecule is Cc1cc2c3c(c1)N(c1ccccc1)c1c(sc4c1-c1ccc(C(C)(C)C)cc1C41c4ccccc4-c4ccccc41)B3c1ccc(-c3cc(C(C)C)ccc3-c3ccccc3)cc1N2c1ccc(C(C)(C)C)cc1. The van der Waals surface area contributed by atoms with Crippen molar-refractivity contribution in [3.8, 4) is 44.5 Å². The maximum absolute atomic E-state index is 2.66. The van der Waals surface area contributed by atoms with Crippen LogP contribution in [0.25, 0.3) is 44.5 Å². The fourth-order valence-corrected chi connectivity index (χ4v) is 15.0. The summed E-state index contributed by atoms with van der Waals surface area (Å²) in [6.07, 6.45) is 0. The lowest BCUT2D eigenvalue weighted by atomic mass is 9.36. The van der Waals surface area contributed by atoms with Crippen LogP contribution in [0, 0.1) is 6.92 Å². The van der Waals surface area contributed by atoms with Gasteiger partial charge in [0.1, 0.15) is 0 Å². The van der Waals surface area contributed by atoms with Gasteiger partial charge in [0.25, 0.3) is 6.71 Å². The molecule has 0 radical (unpaired) electrons. The zero-order valence-corrected chi connectivity index (χ0v) is 45.3. The first-order valence-electron chi connectivity index (χ1n) is 27.0. The Morgan fingerprint density at radius 2 is 1.05 bits per heavy atom. The van der Waals surface area contributed by atoms with Gasteiger partial charge in [0, 0.05) is 43.7 Å². The molecule has 0 bridgehead atoms. The van der Waals surface area contributed by atoms with Crippen LogP contribution in [0.4, 0.5) is 34.1 Å². The number of thiophene rings is 1. The summed E-state index contributed by atoms with van der Waals surface area (Å²) in [6.45, 7) is 20.9. The third-order valence-corrected chi connectivity index (χ3v) is 18.4. The van der Waals surface area contributed by atoms with Crippen LogP contribution >= 0.6 is 11.3 Å². The largest absolute Gasteiger partial charge is 0.311 e. The highest BCUT2D eigenvalue weighted by Gasteiger charge is 2.57. The van der Waals surface area contributed by atoms with E-state index in [0.29, 0.717) is 5.92 Å². The van der Waals surface area contributed by atoms with Gasteiger partial charge < -0.3 is 9.80 Å². The predicted molar refractivity (Wildman–Crippen MR) is 322 cm³/mol. The topological polar surface area (TPSA) is 6.48 Å². The van der Waals surface area contributed by atoms with Gasteiger partial charge in [-0.25, -0.2) is 0 Å². The van der Waals surface area contributed by atoms with Gasteiger partial charge in [0.15, 0.2) is 0 Å². The van der Waals surface area contributed by atoms with Crippen LogP contribution in [0.1, 0.15) is 105 Å². The Bertz CT molecular complexity index is 3920. The van der Waals surface area contributed by atoms with Gasteiger partial charge in [0.2, 0.25) is 0 Å². The summed E-state index contributed by atoms with van der Waals surface area (Å²) >= 11 is 2.07. The highest BCUT2D eigenvalue weighted by Crippen LogP contribution is 2.67. The van der Waals surface area contributed by atoms with E-state index in [1.807, 2.05) is 0 Å². The van der Waals surface area contributed by atoms with Crippen LogP contribution in [-0.4, -0.2) is 6.71 Å². The Morgan fingerprint density at radius 3 is 1.71 bits per heavy atom. The summed E-state index contributed by atoms with van der Waals surface area (Å²) in [7, 11) is 0. The summed E-state index contributed by atoms with van der Waals surface area (Å²) < 4.78 is 1.40. The molecular formula is C71H61BN2S. The van der Waals surface area contributed by atoms with E-state index in [1.54, 1.807) is 0 Å². The number of hydrogen-bond acceptors (Lipinski definition) is 3. The van der Waals surface area contributed by atoms with Crippen molar-refractivity contribution in [2.75, 3.05) is 9.80 Å². The average Bonchev–Trinajstić information content (AvgIpc) is 4.14. The molecule has 0 atom stereocenters. The zero-order valence-electron chi connectivity index (χ0n) is 44.5. The molecule has 1 aromatic heterocycles. The van der Waals surface area contributed by atoms with Gasteiger partial charge in [-0.05, 0) is 155 Å². The van der Waals surface area contributed by atoms with Gasteiger partial charge in [-0.2, -0.15) is 0 Å². The Hall–Kier alpha value is -7.66. The first-order chi connectivity index (χ1) is 36.2. The minimum absolute atomic E-state index is 0.0190. The molecule has 0 saturated heterocycles. The van der Waals surface area contributed by atoms with Crippen molar-refractivity contribution in [3.63, 3.8) is 0 Å². The smallest absolute Gasteiger partial charge is 0.264 e. The highest BCUT2D eigenvalue weighted by atomic mass is 32.1. The molecule has 9 aromatic carbocycles. The quantitative estimate of drug-likeness (QED) is 0.159. The van der Waals surface area contributed by atoms with Crippen LogP contribution in [-0.2, 0) is 16.2 Å². The highest BCUT2D eigenvalue weighted by molar-refractivity contribution is 7.30. The van der Waals surface area contributed by atoms with E-state index in [1.165, 1.54) is 138 Å². The van der Waals surface area contributed by atoms with Gasteiger partial charge in [-0.15, -0.1) is 11.3 Å². The van der Waals surface area contributed by atoms with E-state index in [0.717, 1.165) is 0 Å². The Balaban J connectivity index is 1.10. The average molecular weight is 985 g/mol. The van der Waals surface area contributed by atoms with Gasteiger partial charge >= 0.3 is 0 Å². The standard InChI is InChI=1S/C71H61BN2S/c1-43(2)46-28-35-52(45-20-12-10-13-21-45)56(40-46)47-29-37-60-61(41-47)73(51-33-30-48(31-34-51)69(4,5)6)62-38-44(3)39-63-65(62)72(60)68-66(74(63)50-22-14-11-15-23-50)64-55-36-32-49(70(7,8)9)42-59(55)71(67(64)75-68)57-26-18-16-24-53(57)54-25-17-19-27-58(54)71/h10-43H,1-9H3. The molecule has 10 aromatic rings. The second-order valence-electron chi connectivity index (χ2n) is 23.9. The normalized spacial score (nSPS) is 14.3. The van der Waals surface area contributed by atoms with E-state index < -0.39 is 5.41 Å². The van der Waals surface area contributed by atoms with Gasteiger partial charge in [0.05, 0.1) is 11.1 Å². The molecule has 2 aliphatic carbocycles. The van der Waals surface area contributed by atoms with E-state index in [9.17, 15) is 0 Å². The molecule has 0 N–H and O–H groups in total. The molecule has 1 spiro atoms. The summed E-state index contributed by atoms with van der Waals surface area (Å²) in [4.78, 5) is 6.69. The lowest BCUT2D eigenvalue weighted by Crippen LogP contribution is -2.60. The first-order valence-corrected chi connectivity index (χ1v) is 27.8. The fourth-order valence-electron chi connectivity index (χ4n) is 13.3. The van der Waals surface area contributed by atoms with Gasteiger partial charge in [-0.1, -0.05) is 213 Å². The van der Waals surface area contributed by atoms with E-state index in [-0.39, 0.29) is 17.5 Å². The predicted octanol–water partition coefficient (Wildman–Crippen LogP) is 17.5. The molecule has 14 rings (SSSR count). The van der Waals surface area contributed by atoms with Crippen LogP contribution < -0.4 is 25.5 Å². The number of rotatable bonds is 5. The number of para-hydroxylation sites is 1. The van der Waals surface area contributed by atoms with Crippen molar-refractivity contribution in [3.05, 3.63) is 244 Å². The minimum Gasteiger partial charge on any atom is -0.311 e. The Labute approximate surface area is 448 Å². The van der Waals surface area contributed by atoms with Crippen LogP contribution in [0.15, 0.2) is 200 Å². The zero-order chi connectivity index (χ0) is 51.3. The molecule has 75 heavy (non-hydrogen) atoms. The summed E-state index contributed by atoms with van der Waals surface area (Å²) in [5.74, 6) is 0.388. The van der Waals surface area contributed by atoms with Crippen LogP contribution in [0.3, 0.4) is 0 Å². The summed E-state index contributed by atoms with van der Waals surface area (Å²) in [6, 6.07) is 77.2. The van der Waals surface area contributed by atoms with E-state index in [4.69, 9.17) is 0 Å². The number of aryl methyl sites for hydroxylation is 1. The van der Waals surface area contributed by atoms with Crippen molar-refractivity contribution >= 4 is 67.9 Å². The Morgan fingerprint density at radius 1 is 0.467 bits per heavy atom. The van der Waals surface area contributed by atoms with E-state index >= 15 is 0 Å². The first kappa shape index (κ1) is 45.9. The molecule has 364 valence electrons. The van der Waals surface area contributed by atoms with Crippen LogP contribution in [0.5, 0.6) is 0 Å². The molecule has 4 aliphatic rings. The molecule has 0 unspecified atom stereocenters. The third kappa shape index (κ3) is 6.64. The molecular weight excluding hydrogens is 924 g/mol. The monoisotopic (exact) mass is 984 g/mol. The maximum Gasteiger partial charge on any atom is 0.264 e. The van der Waals surface area contributed by atoms with Crippen molar-refractivity contribution in [2.45, 2.75) is 84.5 Å². The number of benzene rings is 9. The third-order valence-electron chi connectivity index (χ3n) is 17.0. The summed E-state index contributed by atoms with van der Waals surface area (Å²) in [5, 5.41) is 0. The second kappa shape index (κ2) is 16.4. The lowest BCUT2D eigenvalue weighted by molar-refractivity contribution is 0.588. The number of hydrogen-bond donors (Lipinski definition) is 0. The molecule has 2 nitrogen and oxygen atoms in total. The van der Waals surface area contributed by atoms with E-state index in [2.05, 4.69) is 284 Å². The number of nitrogens with zero attached hydrogens (tertiary/aromatic N) is 2. The molecule has 0 saturated carbocycles. The molecule has 4 heteroatoms. The number of anilines is 6. The Kier molecular flexibility index (Phi) is 10.1. The second-order valence-corrected chi connectivity index (χ2v) is 25.0. The van der Waals surface area contributed by atoms with Gasteiger partial charge in [-0.3, -0.25) is 0 Å². The minimum atomic E-state index is -0.494. The molecule has 2 aliphatic heterocycles. The lowest BCUT2D eigenvalue weighted by Gasteiger charge is -2.44. The van der Waals surface area contributed by atoms with Crippen molar-refractivity contribution < 1.29 is 0 Å². The van der Waals surface area contributed by atoms with Crippen molar-refractivity contribution in [1.82, 2.24) is 0 Å². The maximum atomic E-state index is 2.66. The molecule has 0 amide bonds. The molecule has 3 heterocycles. The van der Waals surface area contributed by atoms with Crippen molar-refractivity contribution in [1.29, 1.82) is 0 Å². The molecule has 0 fully saturated rings. The van der Waals surface area contributed by atoms with Crippen LogP contribution in [0.2, 0.25) is 0 Å². The summed E-state index contributed by atoms with van der Waals surface area (Å²) in [5.41, 5.74) is 29.3.